The highest BCUT2D eigenvalue weighted by molar-refractivity contribution is 6.06. The zero-order valence-corrected chi connectivity index (χ0v) is 8.34. The maximum absolute atomic E-state index is 11.1. The van der Waals surface area contributed by atoms with Crippen molar-refractivity contribution in [3.05, 3.63) is 12.2 Å². The molecule has 0 aromatic carbocycles. The van der Waals surface area contributed by atoms with Crippen molar-refractivity contribution >= 4 is 18.0 Å². The topological polar surface area (TPSA) is 115 Å². The lowest BCUT2D eigenvalue weighted by Crippen LogP contribution is -2.64. The molecule has 0 unspecified atom stereocenters. The van der Waals surface area contributed by atoms with Crippen LogP contribution in [0.25, 0.3) is 0 Å². The Bertz CT molecular complexity index is 360. The van der Waals surface area contributed by atoms with Crippen LogP contribution in [0.3, 0.4) is 0 Å². The van der Waals surface area contributed by atoms with Crippen molar-refractivity contribution < 1.29 is 29.7 Å². The van der Waals surface area contributed by atoms with E-state index in [1.165, 1.54) is 0 Å². The minimum atomic E-state index is -2.44. The summed E-state index contributed by atoms with van der Waals surface area (Å²) in [5.41, 5.74) is -2.02. The summed E-state index contributed by atoms with van der Waals surface area (Å²) in [6, 6.07) is 0. The lowest BCUT2D eigenvalue weighted by Gasteiger charge is -2.39. The molecule has 1 aliphatic heterocycles. The Hall–Kier alpha value is -2.05. The normalized spacial score (nSPS) is 19.2. The van der Waals surface area contributed by atoms with Gasteiger partial charge in [-0.15, -0.1) is 0 Å². The molecule has 88 valence electrons. The summed E-state index contributed by atoms with van der Waals surface area (Å²) in [4.78, 5) is 33.4. The molecular weight excluding hydrogens is 218 g/mol. The predicted octanol–water partition coefficient (Wildman–Crippen LogP) is 0.224. The summed E-state index contributed by atoms with van der Waals surface area (Å²) in [5, 5.41) is 26.8. The SMILES string of the molecule is C=C1CCN(C(=O)O)C(C(=O)O)(C(=O)O)C1. The van der Waals surface area contributed by atoms with Crippen molar-refractivity contribution in [1.82, 2.24) is 4.90 Å². The molecule has 7 heteroatoms. The predicted molar refractivity (Wildman–Crippen MR) is 51.1 cm³/mol. The fourth-order valence-corrected chi connectivity index (χ4v) is 1.74. The Labute approximate surface area is 90.6 Å². The third kappa shape index (κ3) is 1.60. The minimum absolute atomic E-state index is 0.174. The van der Waals surface area contributed by atoms with Gasteiger partial charge in [-0.3, -0.25) is 4.90 Å². The number of carboxylic acid groups (broad SMARTS) is 3. The molecule has 0 atom stereocenters. The Morgan fingerprint density at radius 1 is 1.19 bits per heavy atom. The van der Waals surface area contributed by atoms with Crippen LogP contribution < -0.4 is 0 Å². The Kier molecular flexibility index (Phi) is 2.88. The number of rotatable bonds is 2. The van der Waals surface area contributed by atoms with Gasteiger partial charge < -0.3 is 15.3 Å². The van der Waals surface area contributed by atoms with Crippen LogP contribution in [-0.4, -0.2) is 50.3 Å². The molecule has 0 aromatic rings. The molecule has 0 aliphatic carbocycles. The van der Waals surface area contributed by atoms with Gasteiger partial charge in [0.15, 0.2) is 0 Å². The number of nitrogens with zero attached hydrogens (tertiary/aromatic N) is 1. The van der Waals surface area contributed by atoms with Gasteiger partial charge in [0.25, 0.3) is 0 Å². The number of carboxylic acids is 2. The maximum atomic E-state index is 11.1. The van der Waals surface area contributed by atoms with E-state index in [0.717, 1.165) is 0 Å². The van der Waals surface area contributed by atoms with Gasteiger partial charge in [0, 0.05) is 13.0 Å². The fourth-order valence-electron chi connectivity index (χ4n) is 1.74. The Morgan fingerprint density at radius 3 is 2.06 bits per heavy atom. The van der Waals surface area contributed by atoms with E-state index >= 15 is 0 Å². The van der Waals surface area contributed by atoms with Gasteiger partial charge in [-0.05, 0) is 6.42 Å². The second-order valence-electron chi connectivity index (χ2n) is 3.58. The van der Waals surface area contributed by atoms with Crippen molar-refractivity contribution in [2.45, 2.75) is 18.4 Å². The van der Waals surface area contributed by atoms with Crippen molar-refractivity contribution in [3.63, 3.8) is 0 Å². The number of amides is 1. The number of likely N-dealkylation sites (tertiary alicyclic amines) is 1. The molecular formula is C9H11NO6. The average Bonchev–Trinajstić information content (AvgIpc) is 2.15. The highest BCUT2D eigenvalue weighted by atomic mass is 16.4. The standard InChI is InChI=1S/C9H11NO6/c1-5-2-3-10(8(15)16)9(4-5,6(11)12)7(13)14/h1-4H2,(H,11,12)(H,13,14)(H,15,16). The van der Waals surface area contributed by atoms with Crippen LogP contribution in [0.5, 0.6) is 0 Å². The van der Waals surface area contributed by atoms with Crippen LogP contribution in [0.1, 0.15) is 12.8 Å². The van der Waals surface area contributed by atoms with Crippen molar-refractivity contribution in [2.75, 3.05) is 6.54 Å². The zero-order valence-electron chi connectivity index (χ0n) is 8.34. The Balaban J connectivity index is 3.27. The summed E-state index contributed by atoms with van der Waals surface area (Å²) in [5.74, 6) is -3.38. The van der Waals surface area contributed by atoms with Crippen molar-refractivity contribution in [3.8, 4) is 0 Å². The van der Waals surface area contributed by atoms with Crippen molar-refractivity contribution in [2.24, 2.45) is 0 Å². The van der Waals surface area contributed by atoms with E-state index in [0.29, 0.717) is 10.5 Å². The van der Waals surface area contributed by atoms with Gasteiger partial charge >= 0.3 is 18.0 Å². The van der Waals surface area contributed by atoms with E-state index < -0.39 is 30.0 Å². The molecule has 7 nitrogen and oxygen atoms in total. The highest BCUT2D eigenvalue weighted by Crippen LogP contribution is 2.31. The fraction of sp³-hybridized carbons (Fsp3) is 0.444. The van der Waals surface area contributed by atoms with Crippen molar-refractivity contribution in [1.29, 1.82) is 0 Å². The van der Waals surface area contributed by atoms with Crippen LogP contribution in [0, 0.1) is 0 Å². The van der Waals surface area contributed by atoms with Gasteiger partial charge in [0.05, 0.1) is 0 Å². The largest absolute Gasteiger partial charge is 0.479 e. The highest BCUT2D eigenvalue weighted by Gasteiger charge is 2.56. The van der Waals surface area contributed by atoms with Crippen LogP contribution in [0.4, 0.5) is 4.79 Å². The minimum Gasteiger partial charge on any atom is -0.479 e. The number of hydrogen-bond donors (Lipinski definition) is 3. The maximum Gasteiger partial charge on any atom is 0.408 e. The number of hydrogen-bond acceptors (Lipinski definition) is 3. The first-order valence-corrected chi connectivity index (χ1v) is 4.46. The molecule has 0 radical (unpaired) electrons. The quantitative estimate of drug-likeness (QED) is 0.461. The molecule has 1 heterocycles. The molecule has 1 saturated heterocycles. The first-order valence-electron chi connectivity index (χ1n) is 4.46. The molecule has 0 aromatic heterocycles. The molecule has 1 fully saturated rings. The summed E-state index contributed by atoms with van der Waals surface area (Å²) in [6.45, 7) is 3.35. The van der Waals surface area contributed by atoms with Gasteiger partial charge in [-0.25, -0.2) is 14.4 Å². The molecule has 0 saturated carbocycles. The van der Waals surface area contributed by atoms with E-state index in [1.54, 1.807) is 0 Å². The van der Waals surface area contributed by atoms with E-state index in [2.05, 4.69) is 6.58 Å². The average molecular weight is 229 g/mol. The molecule has 0 bridgehead atoms. The zero-order chi connectivity index (χ0) is 12.5. The second-order valence-corrected chi connectivity index (χ2v) is 3.58. The molecule has 3 N–H and O–H groups in total. The third-order valence-electron chi connectivity index (χ3n) is 2.59. The summed E-state index contributed by atoms with van der Waals surface area (Å²) >= 11 is 0. The molecule has 1 amide bonds. The van der Waals surface area contributed by atoms with Crippen LogP contribution >= 0.6 is 0 Å². The third-order valence-corrected chi connectivity index (χ3v) is 2.59. The Morgan fingerprint density at radius 2 is 1.69 bits per heavy atom. The number of carbonyl (C=O) groups is 3. The van der Waals surface area contributed by atoms with Gasteiger partial charge in [0.2, 0.25) is 5.54 Å². The molecule has 16 heavy (non-hydrogen) atoms. The lowest BCUT2D eigenvalue weighted by molar-refractivity contribution is -0.167. The van der Waals surface area contributed by atoms with Crippen LogP contribution in [-0.2, 0) is 9.59 Å². The van der Waals surface area contributed by atoms with E-state index in [4.69, 9.17) is 15.3 Å². The van der Waals surface area contributed by atoms with E-state index in [1.807, 2.05) is 0 Å². The monoisotopic (exact) mass is 229 g/mol. The number of piperidine rings is 1. The molecule has 1 aliphatic rings. The first kappa shape index (κ1) is 12.0. The smallest absolute Gasteiger partial charge is 0.408 e. The first-order chi connectivity index (χ1) is 7.32. The van der Waals surface area contributed by atoms with Gasteiger partial charge in [0.1, 0.15) is 0 Å². The lowest BCUT2D eigenvalue weighted by atomic mass is 9.84. The van der Waals surface area contributed by atoms with Crippen LogP contribution in [0.15, 0.2) is 12.2 Å². The molecule has 0 spiro atoms. The van der Waals surface area contributed by atoms with E-state index in [-0.39, 0.29) is 13.0 Å². The summed E-state index contributed by atoms with van der Waals surface area (Å²) in [6.07, 6.45) is -1.68. The summed E-state index contributed by atoms with van der Waals surface area (Å²) < 4.78 is 0. The second kappa shape index (κ2) is 3.84. The summed E-state index contributed by atoms with van der Waals surface area (Å²) in [7, 11) is 0. The van der Waals surface area contributed by atoms with Gasteiger partial charge in [-0.1, -0.05) is 12.2 Å². The van der Waals surface area contributed by atoms with E-state index in [9.17, 15) is 14.4 Å². The molecule has 1 rings (SSSR count). The number of aliphatic carboxylic acids is 2. The van der Waals surface area contributed by atoms with Gasteiger partial charge in [-0.2, -0.15) is 0 Å². The van der Waals surface area contributed by atoms with Crippen LogP contribution in [0.2, 0.25) is 0 Å².